The lowest BCUT2D eigenvalue weighted by Crippen LogP contribution is -2.85. The summed E-state index contributed by atoms with van der Waals surface area (Å²) >= 11 is 0. The average Bonchev–Trinajstić information content (AvgIpc) is 3.12. The first kappa shape index (κ1) is 31.8. The van der Waals surface area contributed by atoms with Crippen molar-refractivity contribution < 1.29 is 58.1 Å². The first-order valence-corrected chi connectivity index (χ1v) is 15.6. The summed E-state index contributed by atoms with van der Waals surface area (Å²) < 4.78 is 22.0. The molecule has 4 saturated carbocycles. The first-order chi connectivity index (χ1) is 21.3. The van der Waals surface area contributed by atoms with Gasteiger partial charge in [0, 0.05) is 31.1 Å². The lowest BCUT2D eigenvalue weighted by molar-refractivity contribution is -0.715. The van der Waals surface area contributed by atoms with Gasteiger partial charge >= 0.3 is 11.9 Å². The van der Waals surface area contributed by atoms with Crippen molar-refractivity contribution in [3.05, 3.63) is 17.4 Å². The molecular weight excluding hydrogens is 594 g/mol. The third-order valence-electron chi connectivity index (χ3n) is 11.3. The number of morpholine rings is 1. The number of rotatable bonds is 9. The van der Waals surface area contributed by atoms with Gasteiger partial charge < -0.3 is 39.2 Å². The third kappa shape index (κ3) is 4.52. The van der Waals surface area contributed by atoms with E-state index in [1.54, 1.807) is 0 Å². The molecule has 4 bridgehead atoms. The number of hydrazine groups is 1. The van der Waals surface area contributed by atoms with Crippen LogP contribution in [0.3, 0.4) is 0 Å². The van der Waals surface area contributed by atoms with Gasteiger partial charge in [0.15, 0.2) is 5.78 Å². The number of ketones is 2. The maximum absolute atomic E-state index is 14.1. The fourth-order valence-electron chi connectivity index (χ4n) is 9.36. The standard InChI is InChI=1S/C30H41N3O12/c1-17-18-7-8-19-28-15-43-30(39,25(38)23(28)27(2,3)10-9-20(28)34)29(19,24(17)37)26(18)45-22(36)6-4-5-21(35)42-16-44-31-33(40)32-11-13-41-14-12-32/h18-19,23,25-26,38-39H,1,4-16H2,2-3H3/b33-31-/t18-,19-,23+,25-,26+,28+,29-,30-/m0/s1. The van der Waals surface area contributed by atoms with E-state index in [9.17, 15) is 34.6 Å². The van der Waals surface area contributed by atoms with Crippen molar-refractivity contribution in [1.29, 1.82) is 0 Å². The lowest BCUT2D eigenvalue weighted by Gasteiger charge is -2.72. The molecule has 7 aliphatic rings. The van der Waals surface area contributed by atoms with Gasteiger partial charge in [0.1, 0.15) is 36.5 Å². The molecule has 0 aromatic carbocycles. The summed E-state index contributed by atoms with van der Waals surface area (Å²) in [4.78, 5) is 58.2. The van der Waals surface area contributed by atoms with Gasteiger partial charge in [-0.2, -0.15) is 0 Å². The van der Waals surface area contributed by atoms with E-state index in [-0.39, 0.29) is 48.6 Å². The van der Waals surface area contributed by atoms with Crippen LogP contribution in [0.4, 0.5) is 0 Å². The molecular formula is C30H41N3O12. The highest BCUT2D eigenvalue weighted by atomic mass is 16.8. The van der Waals surface area contributed by atoms with Gasteiger partial charge in [0.2, 0.25) is 11.1 Å². The molecule has 0 radical (unpaired) electrons. The zero-order valence-electron chi connectivity index (χ0n) is 25.6. The van der Waals surface area contributed by atoms with Crippen molar-refractivity contribution in [3.63, 3.8) is 0 Å². The quantitative estimate of drug-likeness (QED) is 0.0692. The van der Waals surface area contributed by atoms with E-state index in [0.717, 1.165) is 0 Å². The van der Waals surface area contributed by atoms with Gasteiger partial charge in [-0.15, -0.1) is 5.01 Å². The molecule has 2 N–H and O–H groups in total. The minimum absolute atomic E-state index is 0.0427. The second-order valence-electron chi connectivity index (χ2n) is 13.7. The molecule has 15 heteroatoms. The van der Waals surface area contributed by atoms with E-state index in [2.05, 4.69) is 11.9 Å². The molecule has 3 saturated heterocycles. The van der Waals surface area contributed by atoms with Crippen molar-refractivity contribution in [2.24, 2.45) is 39.3 Å². The highest BCUT2D eigenvalue weighted by molar-refractivity contribution is 6.06. The molecule has 0 aromatic rings. The molecule has 0 unspecified atom stereocenters. The molecule has 0 aromatic heterocycles. The second-order valence-corrected chi connectivity index (χ2v) is 13.7. The normalized spacial score (nSPS) is 40.1. The Kier molecular flexibility index (Phi) is 7.98. The highest BCUT2D eigenvalue weighted by Gasteiger charge is 2.88. The Hall–Kier alpha value is -3.14. The van der Waals surface area contributed by atoms with Gasteiger partial charge in [-0.1, -0.05) is 20.4 Å². The molecule has 2 spiro atoms. The Morgan fingerprint density at radius 3 is 2.62 bits per heavy atom. The molecule has 3 heterocycles. The topological polar surface area (TPSA) is 197 Å². The number of carbonyl (C=O) groups is 4. The Bertz CT molecular complexity index is 1310. The number of ether oxygens (including phenoxy) is 4. The zero-order chi connectivity index (χ0) is 32.4. The maximum atomic E-state index is 14.1. The molecule has 45 heavy (non-hydrogen) atoms. The Labute approximate surface area is 259 Å². The van der Waals surface area contributed by atoms with E-state index in [1.165, 1.54) is 5.01 Å². The van der Waals surface area contributed by atoms with Crippen LogP contribution in [0.2, 0.25) is 0 Å². The van der Waals surface area contributed by atoms with Gasteiger partial charge in [-0.05, 0) is 42.6 Å². The van der Waals surface area contributed by atoms with Crippen LogP contribution in [0.5, 0.6) is 0 Å². The van der Waals surface area contributed by atoms with Crippen LogP contribution < -0.4 is 0 Å². The fourth-order valence-corrected chi connectivity index (χ4v) is 9.36. The summed E-state index contributed by atoms with van der Waals surface area (Å²) in [6, 6.07) is 0. The fraction of sp³-hybridized carbons (Fsp3) is 0.800. The molecule has 7 fully saturated rings. The van der Waals surface area contributed by atoms with Gasteiger partial charge in [0.25, 0.3) is 6.79 Å². The highest BCUT2D eigenvalue weighted by Crippen LogP contribution is 2.76. The zero-order valence-corrected chi connectivity index (χ0v) is 25.6. The van der Waals surface area contributed by atoms with Crippen molar-refractivity contribution in [2.75, 3.05) is 39.7 Å². The Morgan fingerprint density at radius 2 is 1.89 bits per heavy atom. The number of esters is 2. The van der Waals surface area contributed by atoms with Gasteiger partial charge in [-0.25, -0.2) is 0 Å². The van der Waals surface area contributed by atoms with Crippen LogP contribution >= 0.6 is 0 Å². The molecule has 7 rings (SSSR count). The number of carbonyl (C=O) groups excluding carboxylic acids is 4. The molecule has 8 atom stereocenters. The van der Waals surface area contributed by atoms with Crippen LogP contribution in [0.15, 0.2) is 17.4 Å². The van der Waals surface area contributed by atoms with E-state index < -0.39 is 76.5 Å². The third-order valence-corrected chi connectivity index (χ3v) is 11.3. The average molecular weight is 636 g/mol. The van der Waals surface area contributed by atoms with Crippen LogP contribution in [0.1, 0.15) is 58.8 Å². The number of Topliss-reactive ketones (excluding diaryl/α,β-unsaturated/α-hetero) is 2. The summed E-state index contributed by atoms with van der Waals surface area (Å²) in [6.07, 6.45) is -1.47. The molecule has 3 aliphatic heterocycles. The monoisotopic (exact) mass is 635 g/mol. The molecule has 248 valence electrons. The minimum atomic E-state index is -2.38. The molecule has 0 amide bonds. The van der Waals surface area contributed by atoms with E-state index in [1.807, 2.05) is 13.8 Å². The predicted octanol–water partition coefficient (Wildman–Crippen LogP) is 0.947. The summed E-state index contributed by atoms with van der Waals surface area (Å²) in [5.41, 5.74) is -3.43. The van der Waals surface area contributed by atoms with Crippen LogP contribution in [0, 0.1) is 39.2 Å². The van der Waals surface area contributed by atoms with Crippen LogP contribution in [0.25, 0.3) is 0 Å². The van der Waals surface area contributed by atoms with E-state index in [0.29, 0.717) is 45.6 Å². The number of hydrogen-bond donors (Lipinski definition) is 2. The minimum Gasteiger partial charge on any atom is -0.569 e. The lowest BCUT2D eigenvalue weighted by atomic mass is 9.36. The second kappa shape index (κ2) is 11.3. The van der Waals surface area contributed by atoms with Crippen molar-refractivity contribution in [1.82, 2.24) is 5.01 Å². The van der Waals surface area contributed by atoms with Crippen LogP contribution in [-0.4, -0.2) is 101 Å². The Balaban J connectivity index is 1.11. The maximum Gasteiger partial charge on any atom is 0.308 e. The molecule has 15 nitrogen and oxygen atoms in total. The number of hydrogen-bond acceptors (Lipinski definition) is 13. The number of fused-ring (bicyclic) bond motifs is 2. The smallest absolute Gasteiger partial charge is 0.308 e. The van der Waals surface area contributed by atoms with Crippen molar-refractivity contribution >= 4 is 23.5 Å². The summed E-state index contributed by atoms with van der Waals surface area (Å²) in [7, 11) is 0. The Morgan fingerprint density at radius 1 is 1.18 bits per heavy atom. The SMILES string of the molecule is C=C1C(=O)[C@]23[C@H](OC(=O)CCCC(=O)OCO/N=[N+](\[O-])N4CCOCC4)[C@H]1CC[C@H]2[C@@]12CO[C@@]3(O)[C@@H](O)[C@@H]1C(C)(C)CCC2=O. The number of aliphatic hydroxyl groups is 2. The van der Waals surface area contributed by atoms with Crippen LogP contribution in [-0.2, 0) is 43.0 Å². The van der Waals surface area contributed by atoms with Gasteiger partial charge in [0.05, 0.1) is 30.2 Å². The summed E-state index contributed by atoms with van der Waals surface area (Å²) in [5.74, 6) is -6.40. The first-order valence-electron chi connectivity index (χ1n) is 15.6. The van der Waals surface area contributed by atoms with E-state index >= 15 is 0 Å². The largest absolute Gasteiger partial charge is 0.569 e. The van der Waals surface area contributed by atoms with Gasteiger partial charge in [-0.3, -0.25) is 19.2 Å². The predicted molar refractivity (Wildman–Crippen MR) is 148 cm³/mol. The summed E-state index contributed by atoms with van der Waals surface area (Å²) in [6.45, 7) is 8.65. The van der Waals surface area contributed by atoms with Crippen molar-refractivity contribution in [2.45, 2.75) is 76.8 Å². The molecule has 4 aliphatic carbocycles. The van der Waals surface area contributed by atoms with Crippen molar-refractivity contribution in [3.8, 4) is 0 Å². The number of aliphatic hydroxyl groups excluding tert-OH is 1. The number of nitrogens with zero attached hydrogens (tertiary/aromatic N) is 3. The van der Waals surface area contributed by atoms with E-state index in [4.69, 9.17) is 23.8 Å². The summed E-state index contributed by atoms with van der Waals surface area (Å²) in [5, 5.41) is 40.5.